The molecule has 5 nitrogen and oxygen atoms in total. The number of aromatic nitrogens is 2. The van der Waals surface area contributed by atoms with E-state index in [9.17, 15) is 0 Å². The van der Waals surface area contributed by atoms with Crippen molar-refractivity contribution < 1.29 is 4.74 Å². The third-order valence-corrected chi connectivity index (χ3v) is 12.8. The number of rotatable bonds is 7. The van der Waals surface area contributed by atoms with E-state index in [0.29, 0.717) is 6.67 Å². The van der Waals surface area contributed by atoms with E-state index in [2.05, 4.69) is 239 Å². The van der Waals surface area contributed by atoms with Crippen LogP contribution in [0.3, 0.4) is 0 Å². The molecule has 0 fully saturated rings. The highest BCUT2D eigenvalue weighted by Crippen LogP contribution is 2.43. The number of nitrogens with zero attached hydrogens (tertiary/aromatic N) is 4. The van der Waals surface area contributed by atoms with Gasteiger partial charge >= 0.3 is 0 Å². The van der Waals surface area contributed by atoms with Gasteiger partial charge in [-0.25, -0.2) is 4.98 Å². The summed E-state index contributed by atoms with van der Waals surface area (Å²) in [6, 6.07) is 44.3. The predicted molar refractivity (Wildman–Crippen MR) is 264 cm³/mol. The highest BCUT2D eigenvalue weighted by atomic mass is 16.5. The van der Waals surface area contributed by atoms with Crippen molar-refractivity contribution in [2.75, 3.05) is 16.5 Å². The van der Waals surface area contributed by atoms with Gasteiger partial charge in [0.25, 0.3) is 0 Å². The van der Waals surface area contributed by atoms with Gasteiger partial charge < -0.3 is 14.5 Å². The molecule has 0 spiro atoms. The van der Waals surface area contributed by atoms with Crippen molar-refractivity contribution >= 4 is 33.2 Å². The molecule has 5 heteroatoms. The maximum atomic E-state index is 6.83. The third-order valence-electron chi connectivity index (χ3n) is 12.8. The molecular weight excluding hydrogens is 757 g/mol. The number of hydrogen-bond donors (Lipinski definition) is 0. The Hall–Kier alpha value is -5.81. The average Bonchev–Trinajstić information content (AvgIpc) is 3.81. The van der Waals surface area contributed by atoms with Gasteiger partial charge in [-0.15, -0.1) is 0 Å². The minimum atomic E-state index is -0.178. The van der Waals surface area contributed by atoms with Gasteiger partial charge in [0.15, 0.2) is 0 Å². The molecule has 3 heterocycles. The number of ether oxygens (including phenoxy) is 1. The molecule has 0 radical (unpaired) electrons. The summed E-state index contributed by atoms with van der Waals surface area (Å²) < 4.78 is 9.14. The lowest BCUT2D eigenvalue weighted by Crippen LogP contribution is -2.30. The number of allylic oxidation sites excluding steroid dienone is 1. The van der Waals surface area contributed by atoms with E-state index in [-0.39, 0.29) is 27.1 Å². The van der Waals surface area contributed by atoms with Crippen LogP contribution < -0.4 is 14.5 Å². The Morgan fingerprint density at radius 3 is 1.77 bits per heavy atom. The molecule has 1 aliphatic rings. The zero-order chi connectivity index (χ0) is 44.6. The number of pyridine rings is 1. The third kappa shape index (κ3) is 8.27. The van der Waals surface area contributed by atoms with Gasteiger partial charge in [-0.1, -0.05) is 145 Å². The molecule has 0 atom stereocenters. The summed E-state index contributed by atoms with van der Waals surface area (Å²) in [5.74, 6) is 2.47. The molecule has 320 valence electrons. The van der Waals surface area contributed by atoms with Crippen molar-refractivity contribution in [3.8, 4) is 17.3 Å². The quantitative estimate of drug-likeness (QED) is 0.160. The molecule has 0 aliphatic carbocycles. The van der Waals surface area contributed by atoms with Crippen molar-refractivity contribution in [1.82, 2.24) is 9.55 Å². The molecular formula is C57H66N4O. The maximum absolute atomic E-state index is 6.83. The van der Waals surface area contributed by atoms with Crippen molar-refractivity contribution in [3.05, 3.63) is 167 Å². The first-order chi connectivity index (χ1) is 29.0. The van der Waals surface area contributed by atoms with E-state index in [1.807, 2.05) is 6.20 Å². The fourth-order valence-corrected chi connectivity index (χ4v) is 8.68. The van der Waals surface area contributed by atoms with Gasteiger partial charge in [-0.2, -0.15) is 0 Å². The standard InChI is InChI=1S/C57H66N4O/c1-53(2,3)39-27-28-58-52(33-39)61-49-26-23-40(57(13,14)38-19-16-15-17-20-38)32-48(49)47-25-24-46(35-50(47)61)62-45-22-18-21-43(34-45)60-37-59(36-51(60)56(10,11)12)44-30-41(54(4,5)6)29-42(31-44)55(7,8)9/h15-36H,37H2,1-14H3. The van der Waals surface area contributed by atoms with Crippen LogP contribution in [0.1, 0.15) is 125 Å². The second kappa shape index (κ2) is 15.2. The van der Waals surface area contributed by atoms with E-state index in [1.165, 1.54) is 44.6 Å². The molecule has 1 aliphatic heterocycles. The number of anilines is 2. The summed E-state index contributed by atoms with van der Waals surface area (Å²) in [6.07, 6.45) is 4.29. The lowest BCUT2D eigenvalue weighted by Gasteiger charge is -2.31. The van der Waals surface area contributed by atoms with E-state index in [0.717, 1.165) is 39.4 Å². The van der Waals surface area contributed by atoms with Crippen molar-refractivity contribution in [2.24, 2.45) is 5.41 Å². The van der Waals surface area contributed by atoms with Gasteiger partial charge in [0, 0.05) is 63.2 Å². The maximum Gasteiger partial charge on any atom is 0.137 e. The first-order valence-electron chi connectivity index (χ1n) is 22.3. The molecule has 0 saturated heterocycles. The van der Waals surface area contributed by atoms with Crippen LogP contribution in [0.15, 0.2) is 139 Å². The summed E-state index contributed by atoms with van der Waals surface area (Å²) in [4.78, 5) is 9.84. The molecule has 0 N–H and O–H groups in total. The zero-order valence-electron chi connectivity index (χ0n) is 39.6. The van der Waals surface area contributed by atoms with Gasteiger partial charge in [-0.05, 0) is 105 Å². The second-order valence-corrected chi connectivity index (χ2v) is 22.1. The lowest BCUT2D eigenvalue weighted by atomic mass is 9.78. The first kappa shape index (κ1) is 42.9. The minimum Gasteiger partial charge on any atom is -0.457 e. The molecule has 5 aromatic carbocycles. The summed E-state index contributed by atoms with van der Waals surface area (Å²) in [6.45, 7) is 32.8. The lowest BCUT2D eigenvalue weighted by molar-refractivity contribution is 0.481. The van der Waals surface area contributed by atoms with Gasteiger partial charge in [0.05, 0.1) is 17.7 Å². The number of benzene rings is 5. The minimum absolute atomic E-state index is 0.0249. The van der Waals surface area contributed by atoms with Gasteiger partial charge in [0.2, 0.25) is 0 Å². The zero-order valence-corrected chi connectivity index (χ0v) is 39.6. The predicted octanol–water partition coefficient (Wildman–Crippen LogP) is 15.4. The van der Waals surface area contributed by atoms with E-state index >= 15 is 0 Å². The van der Waals surface area contributed by atoms with Gasteiger partial charge in [-0.3, -0.25) is 4.57 Å². The highest BCUT2D eigenvalue weighted by molar-refractivity contribution is 6.10. The Morgan fingerprint density at radius 1 is 0.468 bits per heavy atom. The summed E-state index contributed by atoms with van der Waals surface area (Å²) in [5, 5.41) is 2.36. The fourth-order valence-electron chi connectivity index (χ4n) is 8.68. The molecule has 0 unspecified atom stereocenters. The van der Waals surface area contributed by atoms with Crippen LogP contribution in [0.2, 0.25) is 0 Å². The van der Waals surface area contributed by atoms with E-state index in [4.69, 9.17) is 9.72 Å². The molecule has 7 aromatic rings. The molecule has 0 bridgehead atoms. The summed E-state index contributed by atoms with van der Waals surface area (Å²) in [5.41, 5.74) is 12.0. The monoisotopic (exact) mass is 823 g/mol. The fraction of sp³-hybridized carbons (Fsp3) is 0.351. The Morgan fingerprint density at radius 2 is 1.13 bits per heavy atom. The number of fused-ring (bicyclic) bond motifs is 3. The van der Waals surface area contributed by atoms with Crippen molar-refractivity contribution in [2.45, 2.75) is 119 Å². The van der Waals surface area contributed by atoms with Crippen LogP contribution >= 0.6 is 0 Å². The van der Waals surface area contributed by atoms with E-state index < -0.39 is 0 Å². The van der Waals surface area contributed by atoms with Crippen LogP contribution in [-0.2, 0) is 21.7 Å². The Kier molecular flexibility index (Phi) is 10.5. The summed E-state index contributed by atoms with van der Waals surface area (Å²) >= 11 is 0. The Balaban J connectivity index is 1.18. The highest BCUT2D eigenvalue weighted by Gasteiger charge is 2.33. The molecule has 0 amide bonds. The van der Waals surface area contributed by atoms with Crippen LogP contribution in [0.5, 0.6) is 11.5 Å². The smallest absolute Gasteiger partial charge is 0.137 e. The topological polar surface area (TPSA) is 33.5 Å². The SMILES string of the molecule is CC(C)(C)C1=CN(c2cc(C(C)(C)C)cc(C(C)(C)C)c2)CN1c1cccc(Oc2ccc3c4cc(C(C)(C)c5ccccc5)ccc4n(-c4cc(C(C)(C)C)ccn4)c3c2)c1. The van der Waals surface area contributed by atoms with Crippen molar-refractivity contribution in [1.29, 1.82) is 0 Å². The Bertz CT molecular complexity index is 2780. The van der Waals surface area contributed by atoms with Crippen molar-refractivity contribution in [3.63, 3.8) is 0 Å². The molecule has 62 heavy (non-hydrogen) atoms. The summed E-state index contributed by atoms with van der Waals surface area (Å²) in [7, 11) is 0. The second-order valence-electron chi connectivity index (χ2n) is 22.1. The molecule has 2 aromatic heterocycles. The average molecular weight is 823 g/mol. The van der Waals surface area contributed by atoms with Crippen LogP contribution in [0.25, 0.3) is 27.6 Å². The molecule has 8 rings (SSSR count). The first-order valence-corrected chi connectivity index (χ1v) is 22.3. The van der Waals surface area contributed by atoms with Crippen LogP contribution in [0.4, 0.5) is 11.4 Å². The Labute approximate surface area is 371 Å². The van der Waals surface area contributed by atoms with Gasteiger partial charge in [0.1, 0.15) is 17.3 Å². The van der Waals surface area contributed by atoms with Crippen LogP contribution in [0, 0.1) is 5.41 Å². The normalized spacial score (nSPS) is 14.3. The molecule has 0 saturated carbocycles. The number of hydrogen-bond acceptors (Lipinski definition) is 4. The largest absolute Gasteiger partial charge is 0.457 e. The van der Waals surface area contributed by atoms with E-state index in [1.54, 1.807) is 0 Å². The van der Waals surface area contributed by atoms with Crippen LogP contribution in [-0.4, -0.2) is 16.2 Å².